The second-order valence-corrected chi connectivity index (χ2v) is 6.78. The van der Waals surface area contributed by atoms with Crippen LogP contribution in [0.1, 0.15) is 26.4 Å². The van der Waals surface area contributed by atoms with Crippen LogP contribution in [0.4, 0.5) is 10.8 Å². The molecule has 7 nitrogen and oxygen atoms in total. The number of hydrogen-bond acceptors (Lipinski definition) is 6. The van der Waals surface area contributed by atoms with Gasteiger partial charge in [-0.15, -0.1) is 11.3 Å². The molecule has 1 aromatic heterocycles. The van der Waals surface area contributed by atoms with E-state index in [-0.39, 0.29) is 33.6 Å². The van der Waals surface area contributed by atoms with E-state index in [9.17, 15) is 19.7 Å². The molecular weight excluding hydrogens is 390 g/mol. The van der Waals surface area contributed by atoms with E-state index in [4.69, 9.17) is 11.6 Å². The van der Waals surface area contributed by atoms with Crippen LogP contribution in [-0.4, -0.2) is 21.6 Å². The van der Waals surface area contributed by atoms with E-state index < -0.39 is 10.8 Å². The van der Waals surface area contributed by atoms with E-state index >= 15 is 0 Å². The van der Waals surface area contributed by atoms with Gasteiger partial charge in [0.15, 0.2) is 10.9 Å². The van der Waals surface area contributed by atoms with Crippen molar-refractivity contribution < 1.29 is 14.5 Å². The molecule has 0 saturated heterocycles. The highest BCUT2D eigenvalue weighted by Gasteiger charge is 2.21. The fourth-order valence-corrected chi connectivity index (χ4v) is 3.23. The van der Waals surface area contributed by atoms with Gasteiger partial charge in [-0.3, -0.25) is 25.0 Å². The van der Waals surface area contributed by atoms with Gasteiger partial charge in [-0.05, 0) is 12.1 Å². The Morgan fingerprint density at radius 3 is 2.63 bits per heavy atom. The number of amides is 1. The van der Waals surface area contributed by atoms with Crippen LogP contribution in [0.5, 0.6) is 0 Å². The molecule has 3 aromatic rings. The number of nitro benzene ring substituents is 1. The molecule has 0 unspecified atom stereocenters. The Balaban J connectivity index is 1.73. The van der Waals surface area contributed by atoms with E-state index in [1.165, 1.54) is 18.2 Å². The standard InChI is InChI=1S/C18H12ClN3O4S/c19-12-6-7-15(22(25)26)14(8-12)17(24)21-18-20-13(10-27-18)9-16(23)11-4-2-1-3-5-11/h1-8,10H,9H2,(H,20,21,24). The normalized spacial score (nSPS) is 10.4. The molecule has 1 heterocycles. The Kier molecular flexibility index (Phi) is 5.58. The highest BCUT2D eigenvalue weighted by Crippen LogP contribution is 2.25. The number of nitro groups is 1. The molecule has 3 rings (SSSR count). The number of nitrogens with zero attached hydrogens (tertiary/aromatic N) is 2. The van der Waals surface area contributed by atoms with Crippen LogP contribution in [0.3, 0.4) is 0 Å². The summed E-state index contributed by atoms with van der Waals surface area (Å²) in [5, 5.41) is 15.7. The van der Waals surface area contributed by atoms with E-state index in [0.29, 0.717) is 11.3 Å². The first kappa shape index (κ1) is 18.7. The molecule has 0 aliphatic rings. The molecule has 0 bridgehead atoms. The number of anilines is 1. The van der Waals surface area contributed by atoms with Crippen molar-refractivity contribution in [2.24, 2.45) is 0 Å². The molecule has 0 radical (unpaired) electrons. The molecule has 0 spiro atoms. The quantitative estimate of drug-likeness (QED) is 0.375. The van der Waals surface area contributed by atoms with Crippen molar-refractivity contribution in [2.45, 2.75) is 6.42 Å². The molecule has 27 heavy (non-hydrogen) atoms. The maximum absolute atomic E-state index is 12.4. The van der Waals surface area contributed by atoms with Crippen LogP contribution in [0, 0.1) is 10.1 Å². The zero-order valence-electron chi connectivity index (χ0n) is 13.7. The van der Waals surface area contributed by atoms with Gasteiger partial charge in [-0.25, -0.2) is 4.98 Å². The lowest BCUT2D eigenvalue weighted by Crippen LogP contribution is -2.14. The average molecular weight is 402 g/mol. The van der Waals surface area contributed by atoms with Crippen LogP contribution >= 0.6 is 22.9 Å². The van der Waals surface area contributed by atoms with Crippen molar-refractivity contribution in [3.63, 3.8) is 0 Å². The third kappa shape index (κ3) is 4.55. The van der Waals surface area contributed by atoms with Crippen molar-refractivity contribution in [1.82, 2.24) is 4.98 Å². The lowest BCUT2D eigenvalue weighted by molar-refractivity contribution is -0.385. The summed E-state index contributed by atoms with van der Waals surface area (Å²) in [6, 6.07) is 12.5. The van der Waals surface area contributed by atoms with Crippen molar-refractivity contribution in [3.05, 3.63) is 85.9 Å². The van der Waals surface area contributed by atoms with Gasteiger partial charge >= 0.3 is 0 Å². The number of carbonyl (C=O) groups excluding carboxylic acids is 2. The smallest absolute Gasteiger partial charge is 0.282 e. The van der Waals surface area contributed by atoms with Gasteiger partial charge in [0.1, 0.15) is 5.56 Å². The maximum atomic E-state index is 12.4. The lowest BCUT2D eigenvalue weighted by atomic mass is 10.1. The number of thiazole rings is 1. The van der Waals surface area contributed by atoms with Crippen molar-refractivity contribution in [3.8, 4) is 0 Å². The third-order valence-corrected chi connectivity index (χ3v) is 4.65. The topological polar surface area (TPSA) is 102 Å². The summed E-state index contributed by atoms with van der Waals surface area (Å²) in [6.07, 6.45) is 0.0910. The molecule has 0 aliphatic heterocycles. The molecular formula is C18H12ClN3O4S. The summed E-state index contributed by atoms with van der Waals surface area (Å²) in [7, 11) is 0. The van der Waals surface area contributed by atoms with E-state index in [0.717, 1.165) is 11.3 Å². The summed E-state index contributed by atoms with van der Waals surface area (Å²) in [5.41, 5.74) is 0.563. The van der Waals surface area contributed by atoms with Gasteiger partial charge in [0.05, 0.1) is 17.0 Å². The highest BCUT2D eigenvalue weighted by atomic mass is 35.5. The van der Waals surface area contributed by atoms with Crippen molar-refractivity contribution >= 4 is 45.4 Å². The van der Waals surface area contributed by atoms with Gasteiger partial charge in [-0.1, -0.05) is 41.9 Å². The Hall–Kier alpha value is -3.10. The minimum Gasteiger partial charge on any atom is -0.298 e. The van der Waals surface area contributed by atoms with Gasteiger partial charge in [0.2, 0.25) is 0 Å². The van der Waals surface area contributed by atoms with Gasteiger partial charge < -0.3 is 0 Å². The van der Waals surface area contributed by atoms with Crippen LogP contribution in [0.2, 0.25) is 5.02 Å². The fraction of sp³-hybridized carbons (Fsp3) is 0.0556. The van der Waals surface area contributed by atoms with E-state index in [1.54, 1.807) is 29.6 Å². The molecule has 0 aliphatic carbocycles. The zero-order chi connectivity index (χ0) is 19.4. The van der Waals surface area contributed by atoms with Gasteiger partial charge in [0.25, 0.3) is 11.6 Å². The molecule has 1 amide bonds. The van der Waals surface area contributed by atoms with Crippen LogP contribution in [-0.2, 0) is 6.42 Å². The fourth-order valence-electron chi connectivity index (χ4n) is 2.35. The molecule has 0 atom stereocenters. The first-order valence-electron chi connectivity index (χ1n) is 7.72. The number of aromatic nitrogens is 1. The zero-order valence-corrected chi connectivity index (χ0v) is 15.3. The number of Topliss-reactive ketones (excluding diaryl/α,β-unsaturated/α-hetero) is 1. The molecule has 2 aromatic carbocycles. The Morgan fingerprint density at radius 1 is 1.19 bits per heavy atom. The van der Waals surface area contributed by atoms with Gasteiger partial charge in [0, 0.05) is 22.0 Å². The maximum Gasteiger partial charge on any atom is 0.282 e. The molecule has 0 fully saturated rings. The van der Waals surface area contributed by atoms with Crippen molar-refractivity contribution in [1.29, 1.82) is 0 Å². The first-order valence-corrected chi connectivity index (χ1v) is 8.98. The number of benzene rings is 2. The molecule has 136 valence electrons. The van der Waals surface area contributed by atoms with Crippen LogP contribution < -0.4 is 5.32 Å². The summed E-state index contributed by atoms with van der Waals surface area (Å²) < 4.78 is 0. The Bertz CT molecular complexity index is 1020. The van der Waals surface area contributed by atoms with Crippen LogP contribution in [0.15, 0.2) is 53.9 Å². The molecule has 9 heteroatoms. The summed E-state index contributed by atoms with van der Waals surface area (Å²) in [6.45, 7) is 0. The molecule has 1 N–H and O–H groups in total. The number of nitrogens with one attached hydrogen (secondary N) is 1. The number of rotatable bonds is 6. The first-order chi connectivity index (χ1) is 12.9. The number of hydrogen-bond donors (Lipinski definition) is 1. The predicted molar refractivity (Wildman–Crippen MR) is 103 cm³/mol. The minimum atomic E-state index is -0.695. The third-order valence-electron chi connectivity index (χ3n) is 3.61. The number of ketones is 1. The van der Waals surface area contributed by atoms with Gasteiger partial charge in [-0.2, -0.15) is 0 Å². The predicted octanol–water partition coefficient (Wildman–Crippen LogP) is 4.38. The minimum absolute atomic E-state index is 0.0910. The lowest BCUT2D eigenvalue weighted by Gasteiger charge is -2.03. The Labute approximate surface area is 162 Å². The summed E-state index contributed by atoms with van der Waals surface area (Å²) in [5.74, 6) is -0.788. The van der Waals surface area contributed by atoms with Crippen molar-refractivity contribution in [2.75, 3.05) is 5.32 Å². The monoisotopic (exact) mass is 401 g/mol. The highest BCUT2D eigenvalue weighted by molar-refractivity contribution is 7.14. The summed E-state index contributed by atoms with van der Waals surface area (Å²) >= 11 is 6.97. The second kappa shape index (κ2) is 8.07. The second-order valence-electron chi connectivity index (χ2n) is 5.48. The van der Waals surface area contributed by atoms with Crippen LogP contribution in [0.25, 0.3) is 0 Å². The summed E-state index contributed by atoms with van der Waals surface area (Å²) in [4.78, 5) is 39.2. The Morgan fingerprint density at radius 2 is 1.93 bits per heavy atom. The van der Waals surface area contributed by atoms with E-state index in [2.05, 4.69) is 10.3 Å². The average Bonchev–Trinajstić information content (AvgIpc) is 3.08. The molecule has 0 saturated carbocycles. The number of halogens is 1. The largest absolute Gasteiger partial charge is 0.298 e. The number of carbonyl (C=O) groups is 2. The van der Waals surface area contributed by atoms with E-state index in [1.807, 2.05) is 6.07 Å². The SMILES string of the molecule is O=C(Cc1csc(NC(=O)c2cc(Cl)ccc2[N+](=O)[O-])n1)c1ccccc1.